The Morgan fingerprint density at radius 1 is 1.09 bits per heavy atom. The molecule has 3 aliphatic rings. The summed E-state index contributed by atoms with van der Waals surface area (Å²) in [7, 11) is 0. The smallest absolute Gasteiger partial charge is 0.340 e. The molecule has 2 aromatic carbocycles. The lowest BCUT2D eigenvalue weighted by Gasteiger charge is -2.38. The lowest BCUT2D eigenvalue weighted by atomic mass is 9.82. The van der Waals surface area contributed by atoms with Crippen molar-refractivity contribution in [3.05, 3.63) is 77.0 Å². The van der Waals surface area contributed by atoms with Gasteiger partial charge in [0.1, 0.15) is 18.4 Å². The second-order valence-electron chi connectivity index (χ2n) is 11.1. The van der Waals surface area contributed by atoms with Gasteiger partial charge in [0.15, 0.2) is 5.69 Å². The molecule has 6 rings (SSSR count). The first-order chi connectivity index (χ1) is 20.6. The molecule has 3 amide bonds. The number of para-hydroxylation sites is 1. The molecule has 0 saturated heterocycles. The van der Waals surface area contributed by atoms with Crippen molar-refractivity contribution in [1.29, 1.82) is 5.26 Å². The standard InChI is InChI=1S/C31H29F3N6O3/c1-2-38-28-24(26(30(43)39(16-15-35)21-13-14-21)37-40(28)22-9-4-3-5-10-22)23(18-11-12-18)25(29(38)42)36-27(41)19-7-6-8-20(17-19)31(32,33)34/h3-10,17-18,21,23,25H,2,11-14,16H2,1H3,(H,36,41)/t23-,25-/m0/s1. The van der Waals surface area contributed by atoms with Gasteiger partial charge in [-0.2, -0.15) is 23.5 Å². The van der Waals surface area contributed by atoms with Gasteiger partial charge >= 0.3 is 6.18 Å². The third kappa shape index (κ3) is 5.24. The predicted octanol–water partition coefficient (Wildman–Crippen LogP) is 4.68. The first-order valence-electron chi connectivity index (χ1n) is 14.3. The van der Waals surface area contributed by atoms with Crippen molar-refractivity contribution >= 4 is 23.5 Å². The van der Waals surface area contributed by atoms with Crippen molar-refractivity contribution in [3.63, 3.8) is 0 Å². The summed E-state index contributed by atoms with van der Waals surface area (Å²) in [6, 6.07) is 14.0. The predicted molar refractivity (Wildman–Crippen MR) is 149 cm³/mol. The minimum absolute atomic E-state index is 0.0566. The van der Waals surface area contributed by atoms with E-state index in [4.69, 9.17) is 5.10 Å². The number of carbonyl (C=O) groups is 3. The van der Waals surface area contributed by atoms with Crippen LogP contribution in [0.5, 0.6) is 0 Å². The van der Waals surface area contributed by atoms with Crippen LogP contribution in [0.25, 0.3) is 5.69 Å². The lowest BCUT2D eigenvalue weighted by molar-refractivity contribution is -0.137. The highest BCUT2D eigenvalue weighted by Crippen LogP contribution is 2.52. The van der Waals surface area contributed by atoms with Crippen LogP contribution in [-0.4, -0.2) is 57.6 Å². The van der Waals surface area contributed by atoms with Crippen LogP contribution in [0.15, 0.2) is 54.6 Å². The molecule has 222 valence electrons. The van der Waals surface area contributed by atoms with E-state index in [1.807, 2.05) is 18.2 Å². The molecule has 2 heterocycles. The quantitative estimate of drug-likeness (QED) is 0.383. The van der Waals surface area contributed by atoms with Crippen LogP contribution < -0.4 is 10.2 Å². The molecular formula is C31H29F3N6O3. The number of nitrogens with one attached hydrogen (secondary N) is 1. The van der Waals surface area contributed by atoms with Gasteiger partial charge in [-0.05, 0) is 68.9 Å². The number of carbonyl (C=O) groups excluding carboxylic acids is 3. The summed E-state index contributed by atoms with van der Waals surface area (Å²) in [5.41, 5.74) is 0.0541. The lowest BCUT2D eigenvalue weighted by Crippen LogP contribution is -2.56. The Balaban J connectivity index is 1.48. The Morgan fingerprint density at radius 2 is 1.81 bits per heavy atom. The molecule has 43 heavy (non-hydrogen) atoms. The number of rotatable bonds is 8. The van der Waals surface area contributed by atoms with E-state index in [1.54, 1.807) is 23.7 Å². The molecular weight excluding hydrogens is 561 g/mol. The molecule has 2 atom stereocenters. The number of fused-ring (bicyclic) bond motifs is 1. The summed E-state index contributed by atoms with van der Waals surface area (Å²) >= 11 is 0. The Bertz CT molecular complexity index is 1620. The molecule has 2 aliphatic carbocycles. The highest BCUT2D eigenvalue weighted by Gasteiger charge is 2.52. The van der Waals surface area contributed by atoms with Crippen LogP contribution in [0.2, 0.25) is 0 Å². The maximum absolute atomic E-state index is 14.1. The summed E-state index contributed by atoms with van der Waals surface area (Å²) in [6.45, 7) is 1.84. The van der Waals surface area contributed by atoms with Crippen LogP contribution in [-0.2, 0) is 11.0 Å². The molecule has 1 aliphatic heterocycles. The van der Waals surface area contributed by atoms with Crippen molar-refractivity contribution in [2.75, 3.05) is 18.0 Å². The number of aromatic nitrogens is 2. The fourth-order valence-electron chi connectivity index (χ4n) is 5.93. The molecule has 0 radical (unpaired) electrons. The van der Waals surface area contributed by atoms with Crippen molar-refractivity contribution in [2.24, 2.45) is 5.92 Å². The first-order valence-corrected chi connectivity index (χ1v) is 14.3. The molecule has 0 spiro atoms. The minimum Gasteiger partial charge on any atom is -0.340 e. The highest BCUT2D eigenvalue weighted by atomic mass is 19.4. The third-order valence-electron chi connectivity index (χ3n) is 8.25. The topological polar surface area (TPSA) is 111 Å². The summed E-state index contributed by atoms with van der Waals surface area (Å²) in [5, 5.41) is 17.0. The van der Waals surface area contributed by atoms with E-state index in [0.717, 1.165) is 43.9 Å². The van der Waals surface area contributed by atoms with Crippen molar-refractivity contribution in [1.82, 2.24) is 20.0 Å². The SMILES string of the molecule is CCN1C(=O)[C@@H](NC(=O)c2cccc(C(F)(F)F)c2)[C@@H](C2CC2)c2c(C(=O)N(CC#N)C3CC3)nn(-c3ccccc3)c21. The van der Waals surface area contributed by atoms with Gasteiger partial charge < -0.3 is 10.2 Å². The van der Waals surface area contributed by atoms with Crippen molar-refractivity contribution in [3.8, 4) is 11.8 Å². The van der Waals surface area contributed by atoms with E-state index in [0.29, 0.717) is 17.1 Å². The molecule has 1 aromatic heterocycles. The van der Waals surface area contributed by atoms with E-state index < -0.39 is 41.4 Å². The van der Waals surface area contributed by atoms with Crippen molar-refractivity contribution < 1.29 is 27.6 Å². The Labute approximate surface area is 245 Å². The number of anilines is 1. The van der Waals surface area contributed by atoms with E-state index >= 15 is 0 Å². The van der Waals surface area contributed by atoms with Crippen LogP contribution in [0, 0.1) is 17.2 Å². The van der Waals surface area contributed by atoms with Gasteiger partial charge in [-0.3, -0.25) is 19.3 Å². The normalized spacial score (nSPS) is 19.9. The largest absolute Gasteiger partial charge is 0.416 e. The van der Waals surface area contributed by atoms with Crippen LogP contribution in [0.3, 0.4) is 0 Å². The second kappa shape index (κ2) is 10.9. The average Bonchev–Trinajstić information content (AvgIpc) is 3.94. The summed E-state index contributed by atoms with van der Waals surface area (Å²) in [6.07, 6.45) is -1.60. The number of nitriles is 1. The molecule has 2 saturated carbocycles. The molecule has 0 bridgehead atoms. The highest BCUT2D eigenvalue weighted by molar-refractivity contribution is 6.07. The summed E-state index contributed by atoms with van der Waals surface area (Å²) in [4.78, 5) is 44.6. The Hall–Kier alpha value is -4.66. The van der Waals surface area contributed by atoms with Gasteiger partial charge in [-0.15, -0.1) is 0 Å². The molecule has 12 heteroatoms. The minimum atomic E-state index is -4.64. The van der Waals surface area contributed by atoms with E-state index in [1.165, 1.54) is 15.9 Å². The van der Waals surface area contributed by atoms with Crippen LogP contribution in [0.1, 0.15) is 70.5 Å². The maximum atomic E-state index is 14.1. The van der Waals surface area contributed by atoms with Crippen molar-refractivity contribution in [2.45, 2.75) is 56.8 Å². The molecule has 1 N–H and O–H groups in total. The number of halogens is 3. The fourth-order valence-corrected chi connectivity index (χ4v) is 5.93. The van der Waals surface area contributed by atoms with Crippen LogP contribution >= 0.6 is 0 Å². The molecule has 3 aromatic rings. The number of likely N-dealkylation sites (N-methyl/N-ethyl adjacent to an activating group) is 1. The zero-order chi connectivity index (χ0) is 30.5. The van der Waals surface area contributed by atoms with E-state index in [-0.39, 0.29) is 36.3 Å². The number of hydrogen-bond acceptors (Lipinski definition) is 5. The van der Waals surface area contributed by atoms with Gasteiger partial charge in [0, 0.05) is 29.6 Å². The number of benzene rings is 2. The van der Waals surface area contributed by atoms with Gasteiger partial charge in [0.05, 0.1) is 17.3 Å². The van der Waals surface area contributed by atoms with Gasteiger partial charge in [0.2, 0.25) is 0 Å². The Morgan fingerprint density at radius 3 is 2.42 bits per heavy atom. The van der Waals surface area contributed by atoms with Gasteiger partial charge in [0.25, 0.3) is 17.7 Å². The number of nitrogens with zero attached hydrogens (tertiary/aromatic N) is 5. The summed E-state index contributed by atoms with van der Waals surface area (Å²) < 4.78 is 41.7. The van der Waals surface area contributed by atoms with Gasteiger partial charge in [-0.1, -0.05) is 24.3 Å². The number of amides is 3. The zero-order valence-electron chi connectivity index (χ0n) is 23.3. The van der Waals surface area contributed by atoms with Gasteiger partial charge in [-0.25, -0.2) is 4.68 Å². The molecule has 9 nitrogen and oxygen atoms in total. The van der Waals surface area contributed by atoms with Crippen LogP contribution in [0.4, 0.5) is 19.0 Å². The average molecular weight is 591 g/mol. The second-order valence-corrected chi connectivity index (χ2v) is 11.1. The molecule has 0 unspecified atom stereocenters. The molecule has 2 fully saturated rings. The monoisotopic (exact) mass is 590 g/mol. The number of alkyl halides is 3. The Kier molecular flexibility index (Phi) is 7.20. The number of hydrogen-bond donors (Lipinski definition) is 1. The zero-order valence-corrected chi connectivity index (χ0v) is 23.3. The summed E-state index contributed by atoms with van der Waals surface area (Å²) in [5.74, 6) is -1.94. The van der Waals surface area contributed by atoms with E-state index in [2.05, 4.69) is 11.4 Å². The van der Waals surface area contributed by atoms with E-state index in [9.17, 15) is 32.8 Å². The third-order valence-corrected chi connectivity index (χ3v) is 8.25. The maximum Gasteiger partial charge on any atom is 0.416 e. The first kappa shape index (κ1) is 28.5. The fraction of sp³-hybridized carbons (Fsp3) is 0.387.